The van der Waals surface area contributed by atoms with Gasteiger partial charge >= 0.3 is 23.9 Å². The fourth-order valence-electron chi connectivity index (χ4n) is 6.75. The predicted molar refractivity (Wildman–Crippen MR) is 259 cm³/mol. The number of hydrogen-bond acceptors (Lipinski definition) is 15. The Kier molecular flexibility index (Phi) is 41.0. The lowest BCUT2D eigenvalue weighted by molar-refractivity contribution is -0.144. The van der Waals surface area contributed by atoms with Crippen LogP contribution in [-0.2, 0) is 71.7 Å². The van der Waals surface area contributed by atoms with Crippen molar-refractivity contribution in [3.05, 3.63) is 0 Å². The summed E-state index contributed by atoms with van der Waals surface area (Å²) in [7, 11) is 0. The molecule has 0 aliphatic carbocycles. The molecule has 73 heavy (non-hydrogen) atoms. The fourth-order valence-corrected chi connectivity index (χ4v) is 6.75. The number of carboxylic acids is 4. The molecule has 0 aliphatic heterocycles. The largest absolute Gasteiger partial charge is 0.481 e. The summed E-state index contributed by atoms with van der Waals surface area (Å²) in [5.74, 6) is -9.31. The van der Waals surface area contributed by atoms with Gasteiger partial charge in [0.05, 0.1) is 46.2 Å². The summed E-state index contributed by atoms with van der Waals surface area (Å²) < 4.78 is 20.9. The van der Waals surface area contributed by atoms with Crippen molar-refractivity contribution in [3.63, 3.8) is 0 Å². The first-order chi connectivity index (χ1) is 34.9. The SMILES string of the molecule is NC(=O)CNC(=O)COCCOCCNC(=O)COCCOCCNC(=O)CCC(NC(=O)CCC(NC(=O)CCC(NC(=O)CCCCCCCCCCCCCCCCC(=O)O)C(=O)O)C(=O)O)C(=O)O. The van der Waals surface area contributed by atoms with Gasteiger partial charge in [0, 0.05) is 45.2 Å². The number of amides is 7. The smallest absolute Gasteiger partial charge is 0.326 e. The number of primary amides is 1. The van der Waals surface area contributed by atoms with E-state index >= 15 is 0 Å². The van der Waals surface area contributed by atoms with Crippen LogP contribution in [0.15, 0.2) is 0 Å². The van der Waals surface area contributed by atoms with Crippen LogP contribution in [0.25, 0.3) is 0 Å². The minimum Gasteiger partial charge on any atom is -0.481 e. The van der Waals surface area contributed by atoms with Gasteiger partial charge in [-0.15, -0.1) is 0 Å². The highest BCUT2D eigenvalue weighted by atomic mass is 16.5. The highest BCUT2D eigenvalue weighted by Crippen LogP contribution is 2.14. The lowest BCUT2D eigenvalue weighted by atomic mass is 10.0. The van der Waals surface area contributed by atoms with E-state index in [-0.39, 0.29) is 105 Å². The van der Waals surface area contributed by atoms with Crippen LogP contribution in [0.4, 0.5) is 0 Å². The molecule has 0 saturated carbocycles. The Labute approximate surface area is 426 Å². The molecule has 418 valence electrons. The van der Waals surface area contributed by atoms with E-state index in [1.54, 1.807) is 0 Å². The van der Waals surface area contributed by atoms with Crippen molar-refractivity contribution in [3.8, 4) is 0 Å². The Bertz CT molecular complexity index is 1670. The molecule has 0 saturated heterocycles. The molecular weight excluding hydrogens is 967 g/mol. The van der Waals surface area contributed by atoms with Gasteiger partial charge in [-0.2, -0.15) is 0 Å². The van der Waals surface area contributed by atoms with Crippen molar-refractivity contribution in [2.24, 2.45) is 5.73 Å². The Balaban J connectivity index is 4.21. The van der Waals surface area contributed by atoms with Gasteiger partial charge in [-0.3, -0.25) is 38.4 Å². The van der Waals surface area contributed by atoms with Gasteiger partial charge < -0.3 is 77.0 Å². The first kappa shape index (κ1) is 67.0. The number of nitrogens with one attached hydrogen (secondary N) is 6. The van der Waals surface area contributed by atoms with Gasteiger partial charge in [0.1, 0.15) is 31.3 Å². The minimum atomic E-state index is -1.57. The lowest BCUT2D eigenvalue weighted by Crippen LogP contribution is -2.45. The van der Waals surface area contributed by atoms with E-state index in [0.717, 1.165) is 64.2 Å². The summed E-state index contributed by atoms with van der Waals surface area (Å²) >= 11 is 0. The highest BCUT2D eigenvalue weighted by Gasteiger charge is 2.26. The molecular formula is C47H81N7O19. The van der Waals surface area contributed by atoms with Crippen LogP contribution in [-0.4, -0.2) is 176 Å². The third-order valence-corrected chi connectivity index (χ3v) is 10.7. The highest BCUT2D eigenvalue weighted by molar-refractivity contribution is 5.88. The van der Waals surface area contributed by atoms with Crippen molar-refractivity contribution >= 4 is 65.2 Å². The van der Waals surface area contributed by atoms with Crippen LogP contribution >= 0.6 is 0 Å². The number of carbonyl (C=O) groups excluding carboxylic acids is 7. The summed E-state index contributed by atoms with van der Waals surface area (Å²) in [4.78, 5) is 130. The van der Waals surface area contributed by atoms with Gasteiger partial charge in [0.25, 0.3) is 0 Å². The van der Waals surface area contributed by atoms with Crippen LogP contribution < -0.4 is 37.6 Å². The molecule has 0 aliphatic rings. The average Bonchev–Trinajstić information content (AvgIpc) is 3.33. The van der Waals surface area contributed by atoms with Crippen molar-refractivity contribution in [1.82, 2.24) is 31.9 Å². The Morgan fingerprint density at radius 2 is 0.671 bits per heavy atom. The van der Waals surface area contributed by atoms with Crippen LogP contribution in [0.2, 0.25) is 0 Å². The molecule has 7 amide bonds. The topological polar surface area (TPSA) is 404 Å². The number of nitrogens with two attached hydrogens (primary N) is 1. The average molecular weight is 1050 g/mol. The third-order valence-electron chi connectivity index (χ3n) is 10.7. The maximum absolute atomic E-state index is 12.6. The first-order valence-corrected chi connectivity index (χ1v) is 25.1. The fraction of sp³-hybridized carbons (Fsp3) is 0.766. The molecule has 0 spiro atoms. The molecule has 26 nitrogen and oxygen atoms in total. The van der Waals surface area contributed by atoms with E-state index in [1.165, 1.54) is 19.3 Å². The zero-order valence-corrected chi connectivity index (χ0v) is 42.1. The molecule has 0 radical (unpaired) electrons. The third kappa shape index (κ3) is 43.3. The van der Waals surface area contributed by atoms with Gasteiger partial charge in [0.15, 0.2) is 0 Å². The Morgan fingerprint density at radius 1 is 0.356 bits per heavy atom. The molecule has 3 atom stereocenters. The predicted octanol–water partition coefficient (Wildman–Crippen LogP) is 0.262. The zero-order chi connectivity index (χ0) is 54.5. The van der Waals surface area contributed by atoms with Crippen LogP contribution in [0, 0.1) is 0 Å². The number of rotatable bonds is 50. The summed E-state index contributed by atoms with van der Waals surface area (Å²) in [6.07, 6.45) is 12.2. The van der Waals surface area contributed by atoms with E-state index in [2.05, 4.69) is 31.9 Å². The second-order valence-corrected chi connectivity index (χ2v) is 17.1. The molecule has 0 aromatic carbocycles. The molecule has 0 fully saturated rings. The van der Waals surface area contributed by atoms with Crippen LogP contribution in [0.3, 0.4) is 0 Å². The van der Waals surface area contributed by atoms with E-state index < -0.39 is 103 Å². The summed E-state index contributed by atoms with van der Waals surface area (Å²) in [6.45, 7) is 0.194. The van der Waals surface area contributed by atoms with Gasteiger partial charge in [-0.25, -0.2) is 14.4 Å². The molecule has 0 heterocycles. The molecule has 0 aromatic rings. The van der Waals surface area contributed by atoms with Crippen molar-refractivity contribution in [1.29, 1.82) is 0 Å². The first-order valence-electron chi connectivity index (χ1n) is 25.1. The van der Waals surface area contributed by atoms with Crippen molar-refractivity contribution in [2.75, 3.05) is 72.5 Å². The standard InChI is InChI=1S/C47H81N7O19/c48-37(55)31-51-43(61)33-73-30-28-71-26-24-50-42(60)32-72-29-27-70-25-23-49-38(56)20-17-34(45(64)65)53-40(58)22-19-36(47(68)69)54-41(59)21-18-35(46(66)67)52-39(57)15-13-11-9-7-5-3-1-2-4-6-8-10-12-14-16-44(62)63/h34-36H,1-33H2,(H2,48,55)(H,49,56)(H,50,60)(H,51,61)(H,52,57)(H,53,58)(H,54,59)(H,62,63)(H,64,65)(H,66,67)(H,68,69). The Morgan fingerprint density at radius 3 is 1.04 bits per heavy atom. The van der Waals surface area contributed by atoms with Gasteiger partial charge in [0.2, 0.25) is 41.4 Å². The van der Waals surface area contributed by atoms with Gasteiger partial charge in [-0.1, -0.05) is 77.0 Å². The van der Waals surface area contributed by atoms with Crippen molar-refractivity contribution < 1.29 is 92.1 Å². The summed E-state index contributed by atoms with van der Waals surface area (Å²) in [5.41, 5.74) is 4.92. The number of hydrogen-bond donors (Lipinski definition) is 11. The summed E-state index contributed by atoms with van der Waals surface area (Å²) in [6, 6.07) is -4.45. The Hall–Kier alpha value is -5.99. The van der Waals surface area contributed by atoms with Crippen LogP contribution in [0.5, 0.6) is 0 Å². The maximum atomic E-state index is 12.6. The molecule has 0 rings (SSSR count). The summed E-state index contributed by atoms with van der Waals surface area (Å²) in [5, 5.41) is 51.7. The zero-order valence-electron chi connectivity index (χ0n) is 42.1. The normalized spacial score (nSPS) is 12.1. The maximum Gasteiger partial charge on any atom is 0.326 e. The monoisotopic (exact) mass is 1050 g/mol. The minimum absolute atomic E-state index is 0.0664. The number of ether oxygens (including phenoxy) is 4. The molecule has 26 heteroatoms. The molecule has 0 bridgehead atoms. The van der Waals surface area contributed by atoms with Crippen LogP contribution in [0.1, 0.15) is 141 Å². The number of unbranched alkanes of at least 4 members (excludes halogenated alkanes) is 13. The molecule has 3 unspecified atom stereocenters. The van der Waals surface area contributed by atoms with E-state index in [0.29, 0.717) is 6.42 Å². The van der Waals surface area contributed by atoms with E-state index in [1.807, 2.05) is 0 Å². The number of carboxylic acid groups (broad SMARTS) is 4. The second-order valence-electron chi connectivity index (χ2n) is 17.1. The van der Waals surface area contributed by atoms with Crippen molar-refractivity contribution in [2.45, 2.75) is 159 Å². The molecule has 0 aromatic heterocycles. The quantitative estimate of drug-likeness (QED) is 0.0364. The van der Waals surface area contributed by atoms with E-state index in [9.17, 15) is 68.1 Å². The lowest BCUT2D eigenvalue weighted by Gasteiger charge is -2.18. The number of aliphatic carboxylic acids is 4. The second kappa shape index (κ2) is 44.7. The number of carbonyl (C=O) groups is 11. The van der Waals surface area contributed by atoms with E-state index in [4.69, 9.17) is 29.8 Å². The van der Waals surface area contributed by atoms with Gasteiger partial charge in [-0.05, 0) is 32.1 Å². The molecule has 12 N–H and O–H groups in total.